The number of nitrogens with zero attached hydrogens (tertiary/aromatic N) is 3. The summed E-state index contributed by atoms with van der Waals surface area (Å²) in [6.45, 7) is 6.06. The first-order valence-corrected chi connectivity index (χ1v) is 11.0. The van der Waals surface area contributed by atoms with Crippen molar-refractivity contribution in [2.75, 3.05) is 5.01 Å². The van der Waals surface area contributed by atoms with E-state index in [0.29, 0.717) is 5.57 Å². The Morgan fingerprint density at radius 1 is 0.727 bits per heavy atom. The standard InChI is InChI=1S/C29H25N3O/c1-20-18-25(19-28-21(2)30-32(29(28)33)27-12-8-5-9-13-27)22(3)31(20)26-16-14-24(15-17-26)23-10-6-4-7-11-23/h4-19H,1-3H3/b28-19-. The number of hydrazone groups is 1. The zero-order chi connectivity index (χ0) is 22.9. The zero-order valence-corrected chi connectivity index (χ0v) is 19.0. The van der Waals surface area contributed by atoms with Gasteiger partial charge in [0.2, 0.25) is 0 Å². The van der Waals surface area contributed by atoms with E-state index in [1.807, 2.05) is 49.4 Å². The molecule has 0 aliphatic carbocycles. The third kappa shape index (κ3) is 3.80. The largest absolute Gasteiger partial charge is 0.318 e. The quantitative estimate of drug-likeness (QED) is 0.337. The lowest BCUT2D eigenvalue weighted by Crippen LogP contribution is -2.21. The highest BCUT2D eigenvalue weighted by atomic mass is 16.2. The number of carbonyl (C=O) groups excluding carboxylic acids is 1. The van der Waals surface area contributed by atoms with E-state index in [4.69, 9.17) is 0 Å². The van der Waals surface area contributed by atoms with Crippen LogP contribution in [0.3, 0.4) is 0 Å². The van der Waals surface area contributed by atoms with Gasteiger partial charge < -0.3 is 4.57 Å². The third-order valence-corrected chi connectivity index (χ3v) is 6.07. The molecule has 0 bridgehead atoms. The molecule has 0 saturated carbocycles. The normalized spacial score (nSPS) is 14.8. The lowest BCUT2D eigenvalue weighted by molar-refractivity contribution is -0.114. The highest BCUT2D eigenvalue weighted by Gasteiger charge is 2.29. The Kier molecular flexibility index (Phi) is 5.27. The van der Waals surface area contributed by atoms with Crippen molar-refractivity contribution in [1.29, 1.82) is 0 Å². The minimum atomic E-state index is -0.101. The summed E-state index contributed by atoms with van der Waals surface area (Å²) in [5.74, 6) is -0.101. The average Bonchev–Trinajstić information content (AvgIpc) is 3.29. The molecule has 1 aliphatic rings. The molecule has 0 saturated heterocycles. The highest BCUT2D eigenvalue weighted by Crippen LogP contribution is 2.28. The van der Waals surface area contributed by atoms with E-state index in [9.17, 15) is 4.79 Å². The fourth-order valence-corrected chi connectivity index (χ4v) is 4.35. The maximum atomic E-state index is 13.1. The highest BCUT2D eigenvalue weighted by molar-refractivity contribution is 6.32. The Balaban J connectivity index is 1.47. The Morgan fingerprint density at radius 2 is 1.33 bits per heavy atom. The maximum absolute atomic E-state index is 13.1. The summed E-state index contributed by atoms with van der Waals surface area (Å²) in [7, 11) is 0. The van der Waals surface area contributed by atoms with Gasteiger partial charge in [-0.1, -0.05) is 60.7 Å². The van der Waals surface area contributed by atoms with Crippen LogP contribution in [-0.4, -0.2) is 16.2 Å². The molecular weight excluding hydrogens is 406 g/mol. The van der Waals surface area contributed by atoms with Crippen molar-refractivity contribution in [3.63, 3.8) is 0 Å². The van der Waals surface area contributed by atoms with Crippen molar-refractivity contribution < 1.29 is 4.79 Å². The second-order valence-electron chi connectivity index (χ2n) is 8.27. The van der Waals surface area contributed by atoms with Crippen molar-refractivity contribution in [2.24, 2.45) is 5.10 Å². The van der Waals surface area contributed by atoms with Crippen LogP contribution in [0.25, 0.3) is 22.9 Å². The number of rotatable bonds is 4. The molecule has 4 aromatic rings. The van der Waals surface area contributed by atoms with Crippen molar-refractivity contribution in [2.45, 2.75) is 20.8 Å². The van der Waals surface area contributed by atoms with Crippen LogP contribution in [0, 0.1) is 13.8 Å². The molecule has 0 fully saturated rings. The summed E-state index contributed by atoms with van der Waals surface area (Å²) in [4.78, 5) is 13.1. The second kappa shape index (κ2) is 8.40. The van der Waals surface area contributed by atoms with E-state index in [2.05, 4.69) is 78.1 Å². The van der Waals surface area contributed by atoms with Crippen LogP contribution in [-0.2, 0) is 4.79 Å². The Hall–Kier alpha value is -4.18. The van der Waals surface area contributed by atoms with Gasteiger partial charge in [0.05, 0.1) is 17.0 Å². The van der Waals surface area contributed by atoms with Crippen LogP contribution < -0.4 is 5.01 Å². The first-order chi connectivity index (χ1) is 16.0. The average molecular weight is 432 g/mol. The molecule has 2 heterocycles. The number of amides is 1. The first kappa shape index (κ1) is 20.7. The Labute approximate surface area is 194 Å². The molecule has 162 valence electrons. The molecule has 4 heteroatoms. The summed E-state index contributed by atoms with van der Waals surface area (Å²) in [6, 6.07) is 30.6. The number of hydrogen-bond donors (Lipinski definition) is 0. The second-order valence-corrected chi connectivity index (χ2v) is 8.27. The van der Waals surface area contributed by atoms with Gasteiger partial charge in [0.1, 0.15) is 0 Å². The number of aromatic nitrogens is 1. The van der Waals surface area contributed by atoms with Crippen LogP contribution in [0.1, 0.15) is 23.9 Å². The molecule has 0 atom stereocenters. The van der Waals surface area contributed by atoms with E-state index in [-0.39, 0.29) is 5.91 Å². The van der Waals surface area contributed by atoms with Gasteiger partial charge in [0, 0.05) is 17.1 Å². The number of aryl methyl sites for hydroxylation is 1. The molecule has 0 N–H and O–H groups in total. The summed E-state index contributed by atoms with van der Waals surface area (Å²) in [6.07, 6.45) is 1.96. The fraction of sp³-hybridized carbons (Fsp3) is 0.103. The van der Waals surface area contributed by atoms with Crippen molar-refractivity contribution >= 4 is 23.4 Å². The lowest BCUT2D eigenvalue weighted by atomic mass is 10.1. The number of carbonyl (C=O) groups is 1. The third-order valence-electron chi connectivity index (χ3n) is 6.07. The molecule has 1 amide bonds. The molecule has 5 rings (SSSR count). The number of benzene rings is 3. The predicted octanol–water partition coefficient (Wildman–Crippen LogP) is 6.57. The van der Waals surface area contributed by atoms with E-state index in [1.54, 1.807) is 0 Å². The SMILES string of the molecule is CC1=NN(c2ccccc2)C(=O)/C1=C\c1cc(C)n(-c2ccc(-c3ccccc3)cc2)c1C. The van der Waals surface area contributed by atoms with Gasteiger partial charge >= 0.3 is 0 Å². The molecule has 4 nitrogen and oxygen atoms in total. The molecule has 0 spiro atoms. The molecule has 0 unspecified atom stereocenters. The van der Waals surface area contributed by atoms with Crippen LogP contribution in [0.5, 0.6) is 0 Å². The summed E-state index contributed by atoms with van der Waals surface area (Å²) in [5, 5.41) is 5.97. The molecule has 3 aromatic carbocycles. The monoisotopic (exact) mass is 431 g/mol. The van der Waals surface area contributed by atoms with Gasteiger partial charge in [-0.05, 0) is 73.9 Å². The molecule has 33 heavy (non-hydrogen) atoms. The molecule has 0 radical (unpaired) electrons. The molecule has 1 aliphatic heterocycles. The van der Waals surface area contributed by atoms with Crippen molar-refractivity contribution in [3.8, 4) is 16.8 Å². The van der Waals surface area contributed by atoms with E-state index in [0.717, 1.165) is 34.0 Å². The Morgan fingerprint density at radius 3 is 2.00 bits per heavy atom. The number of anilines is 1. The van der Waals surface area contributed by atoms with Crippen LogP contribution >= 0.6 is 0 Å². The first-order valence-electron chi connectivity index (χ1n) is 11.0. The van der Waals surface area contributed by atoms with Gasteiger partial charge in [0.15, 0.2) is 0 Å². The minimum absolute atomic E-state index is 0.101. The lowest BCUT2D eigenvalue weighted by Gasteiger charge is -2.11. The number of hydrogen-bond acceptors (Lipinski definition) is 2. The summed E-state index contributed by atoms with van der Waals surface area (Å²) >= 11 is 0. The molecular formula is C29H25N3O. The van der Waals surface area contributed by atoms with Crippen molar-refractivity contribution in [1.82, 2.24) is 4.57 Å². The van der Waals surface area contributed by atoms with E-state index in [1.165, 1.54) is 16.1 Å². The molecule has 1 aromatic heterocycles. The topological polar surface area (TPSA) is 37.6 Å². The maximum Gasteiger partial charge on any atom is 0.280 e. The van der Waals surface area contributed by atoms with Crippen LogP contribution in [0.2, 0.25) is 0 Å². The summed E-state index contributed by atoms with van der Waals surface area (Å²) in [5.41, 5.74) is 8.84. The van der Waals surface area contributed by atoms with Gasteiger partial charge in [0.25, 0.3) is 5.91 Å². The number of para-hydroxylation sites is 1. The van der Waals surface area contributed by atoms with Gasteiger partial charge in [-0.2, -0.15) is 10.1 Å². The van der Waals surface area contributed by atoms with E-state index >= 15 is 0 Å². The minimum Gasteiger partial charge on any atom is -0.318 e. The van der Waals surface area contributed by atoms with Crippen molar-refractivity contribution in [3.05, 3.63) is 114 Å². The van der Waals surface area contributed by atoms with Gasteiger partial charge in [-0.3, -0.25) is 4.79 Å². The Bertz CT molecular complexity index is 1380. The predicted molar refractivity (Wildman–Crippen MR) is 136 cm³/mol. The fourth-order valence-electron chi connectivity index (χ4n) is 4.35. The van der Waals surface area contributed by atoms with Gasteiger partial charge in [-0.25, -0.2) is 0 Å². The zero-order valence-electron chi connectivity index (χ0n) is 19.0. The van der Waals surface area contributed by atoms with Gasteiger partial charge in [-0.15, -0.1) is 0 Å². The smallest absolute Gasteiger partial charge is 0.280 e. The van der Waals surface area contributed by atoms with Crippen LogP contribution in [0.15, 0.2) is 102 Å². The van der Waals surface area contributed by atoms with Crippen LogP contribution in [0.4, 0.5) is 5.69 Å². The summed E-state index contributed by atoms with van der Waals surface area (Å²) < 4.78 is 2.22. The van der Waals surface area contributed by atoms with E-state index < -0.39 is 0 Å².